The van der Waals surface area contributed by atoms with Crippen LogP contribution in [0.3, 0.4) is 0 Å². The third kappa shape index (κ3) is 3.65. The molecule has 0 spiro atoms. The molecule has 0 aliphatic rings. The Balaban J connectivity index is 2.45. The zero-order chi connectivity index (χ0) is 12.0. The van der Waals surface area contributed by atoms with Crippen LogP contribution in [0.1, 0.15) is 32.3 Å². The molecule has 0 aliphatic carbocycles. The molecule has 0 unspecified atom stereocenters. The largest absolute Gasteiger partial charge is 0.352 e. The highest BCUT2D eigenvalue weighted by Crippen LogP contribution is 2.08. The number of halogens is 1. The van der Waals surface area contributed by atoms with E-state index in [1.54, 1.807) is 12.1 Å². The summed E-state index contributed by atoms with van der Waals surface area (Å²) < 4.78 is 12.6. The Labute approximate surface area is 95.9 Å². The zero-order valence-corrected chi connectivity index (χ0v) is 9.79. The van der Waals surface area contributed by atoms with E-state index in [4.69, 9.17) is 0 Å². The minimum Gasteiger partial charge on any atom is -0.352 e. The van der Waals surface area contributed by atoms with Gasteiger partial charge in [-0.15, -0.1) is 0 Å². The van der Waals surface area contributed by atoms with Crippen molar-refractivity contribution >= 4 is 5.91 Å². The molecule has 1 aromatic carbocycles. The van der Waals surface area contributed by atoms with E-state index in [2.05, 4.69) is 5.32 Å². The molecule has 88 valence electrons. The van der Waals surface area contributed by atoms with Gasteiger partial charge in [-0.05, 0) is 30.5 Å². The van der Waals surface area contributed by atoms with E-state index >= 15 is 0 Å². The van der Waals surface area contributed by atoms with Crippen molar-refractivity contribution in [3.8, 4) is 0 Å². The number of nitrogens with one attached hydrogen (secondary N) is 1. The van der Waals surface area contributed by atoms with Crippen molar-refractivity contribution in [1.29, 1.82) is 0 Å². The molecule has 1 N–H and O–H groups in total. The summed E-state index contributed by atoms with van der Waals surface area (Å²) in [6.07, 6.45) is 1.71. The highest BCUT2D eigenvalue weighted by atomic mass is 19.1. The minimum absolute atomic E-state index is 0.0781. The lowest BCUT2D eigenvalue weighted by Gasteiger charge is -2.12. The number of rotatable bonds is 5. The van der Waals surface area contributed by atoms with E-state index in [1.165, 1.54) is 12.1 Å². The van der Waals surface area contributed by atoms with Gasteiger partial charge in [0.2, 0.25) is 5.91 Å². The van der Waals surface area contributed by atoms with Gasteiger partial charge in [0.25, 0.3) is 0 Å². The summed E-state index contributed by atoms with van der Waals surface area (Å²) in [5, 5.41) is 2.86. The monoisotopic (exact) mass is 223 g/mol. The molecule has 0 heterocycles. The van der Waals surface area contributed by atoms with Gasteiger partial charge in [0.05, 0.1) is 0 Å². The van der Waals surface area contributed by atoms with Crippen LogP contribution in [0.25, 0.3) is 0 Å². The number of hydrogen-bond acceptors (Lipinski definition) is 1. The van der Waals surface area contributed by atoms with Crippen LogP contribution in [0.4, 0.5) is 4.39 Å². The molecule has 1 aromatic rings. The maximum Gasteiger partial charge on any atom is 0.223 e. The maximum atomic E-state index is 12.6. The first-order chi connectivity index (χ1) is 7.67. The molecule has 2 nitrogen and oxygen atoms in total. The fourth-order valence-electron chi connectivity index (χ4n) is 1.60. The van der Waals surface area contributed by atoms with Gasteiger partial charge in [-0.1, -0.05) is 26.0 Å². The fraction of sp³-hybridized carbons (Fsp3) is 0.462. The minimum atomic E-state index is -0.255. The Bertz CT molecular complexity index is 330. The Hall–Kier alpha value is -1.38. The van der Waals surface area contributed by atoms with Gasteiger partial charge in [0.15, 0.2) is 0 Å². The van der Waals surface area contributed by atoms with Crippen LogP contribution in [-0.4, -0.2) is 5.91 Å². The average Bonchev–Trinajstić information content (AvgIpc) is 2.30. The molecule has 0 saturated heterocycles. The van der Waals surface area contributed by atoms with E-state index in [-0.39, 0.29) is 17.6 Å². The van der Waals surface area contributed by atoms with Gasteiger partial charge in [-0.2, -0.15) is 0 Å². The highest BCUT2D eigenvalue weighted by Gasteiger charge is 2.12. The second kappa shape index (κ2) is 6.26. The second-order valence-electron chi connectivity index (χ2n) is 3.86. The first-order valence-electron chi connectivity index (χ1n) is 5.69. The van der Waals surface area contributed by atoms with Crippen LogP contribution in [0.2, 0.25) is 0 Å². The number of carbonyl (C=O) groups excluding carboxylic acids is 1. The summed E-state index contributed by atoms with van der Waals surface area (Å²) in [6, 6.07) is 6.17. The summed E-state index contributed by atoms with van der Waals surface area (Å²) in [7, 11) is 0. The van der Waals surface area contributed by atoms with Crippen LogP contribution in [0.5, 0.6) is 0 Å². The summed E-state index contributed by atoms with van der Waals surface area (Å²) in [5.41, 5.74) is 0.917. The number of amides is 1. The number of benzene rings is 1. The lowest BCUT2D eigenvalue weighted by atomic mass is 10.0. The van der Waals surface area contributed by atoms with Gasteiger partial charge in [-0.3, -0.25) is 4.79 Å². The molecule has 0 radical (unpaired) electrons. The van der Waals surface area contributed by atoms with Gasteiger partial charge in [-0.25, -0.2) is 4.39 Å². The smallest absolute Gasteiger partial charge is 0.223 e. The molecule has 1 amide bonds. The second-order valence-corrected chi connectivity index (χ2v) is 3.86. The van der Waals surface area contributed by atoms with Crippen LogP contribution in [-0.2, 0) is 11.3 Å². The number of hydrogen-bond donors (Lipinski definition) is 1. The van der Waals surface area contributed by atoms with Crippen molar-refractivity contribution in [2.75, 3.05) is 0 Å². The molecule has 0 saturated carbocycles. The van der Waals surface area contributed by atoms with Gasteiger partial charge in [0.1, 0.15) is 5.82 Å². The third-order valence-corrected chi connectivity index (χ3v) is 2.74. The van der Waals surface area contributed by atoms with E-state index in [1.807, 2.05) is 13.8 Å². The highest BCUT2D eigenvalue weighted by molar-refractivity contribution is 5.78. The molecule has 1 rings (SSSR count). The topological polar surface area (TPSA) is 29.1 Å². The first-order valence-corrected chi connectivity index (χ1v) is 5.69. The standard InChI is InChI=1S/C13H18FNO/c1-3-11(4-2)13(16)15-9-10-5-7-12(14)8-6-10/h5-8,11H,3-4,9H2,1-2H3,(H,15,16). The lowest BCUT2D eigenvalue weighted by Crippen LogP contribution is -2.29. The van der Waals surface area contributed by atoms with Gasteiger partial charge >= 0.3 is 0 Å². The van der Waals surface area contributed by atoms with E-state index in [9.17, 15) is 9.18 Å². The van der Waals surface area contributed by atoms with Crippen molar-refractivity contribution in [3.05, 3.63) is 35.6 Å². The summed E-state index contributed by atoms with van der Waals surface area (Å²) in [6.45, 7) is 4.48. The van der Waals surface area contributed by atoms with Crippen molar-refractivity contribution < 1.29 is 9.18 Å². The van der Waals surface area contributed by atoms with Crippen molar-refractivity contribution in [1.82, 2.24) is 5.32 Å². The maximum absolute atomic E-state index is 12.6. The molecular weight excluding hydrogens is 205 g/mol. The molecule has 0 atom stereocenters. The van der Waals surface area contributed by atoms with E-state index < -0.39 is 0 Å². The molecule has 0 bridgehead atoms. The molecule has 0 aromatic heterocycles. The van der Waals surface area contributed by atoms with Crippen LogP contribution >= 0.6 is 0 Å². The predicted octanol–water partition coefficient (Wildman–Crippen LogP) is 2.88. The predicted molar refractivity (Wildman–Crippen MR) is 62.3 cm³/mol. The fourth-order valence-corrected chi connectivity index (χ4v) is 1.60. The summed E-state index contributed by atoms with van der Waals surface area (Å²) in [5.74, 6) is -0.0927. The molecule has 0 fully saturated rings. The van der Waals surface area contributed by atoms with E-state index in [0.717, 1.165) is 18.4 Å². The average molecular weight is 223 g/mol. The van der Waals surface area contributed by atoms with Crippen LogP contribution < -0.4 is 5.32 Å². The van der Waals surface area contributed by atoms with E-state index in [0.29, 0.717) is 6.54 Å². The zero-order valence-electron chi connectivity index (χ0n) is 9.79. The van der Waals surface area contributed by atoms with Crippen molar-refractivity contribution in [3.63, 3.8) is 0 Å². The summed E-state index contributed by atoms with van der Waals surface area (Å²) >= 11 is 0. The van der Waals surface area contributed by atoms with Gasteiger partial charge in [0, 0.05) is 12.5 Å². The normalized spacial score (nSPS) is 10.5. The van der Waals surface area contributed by atoms with Crippen LogP contribution in [0.15, 0.2) is 24.3 Å². The molecule has 0 aliphatic heterocycles. The number of carbonyl (C=O) groups is 1. The summed E-state index contributed by atoms with van der Waals surface area (Å²) in [4.78, 5) is 11.7. The van der Waals surface area contributed by atoms with Crippen molar-refractivity contribution in [2.24, 2.45) is 5.92 Å². The molecular formula is C13H18FNO. The molecule has 16 heavy (non-hydrogen) atoms. The lowest BCUT2D eigenvalue weighted by molar-refractivity contribution is -0.125. The van der Waals surface area contributed by atoms with Crippen molar-refractivity contribution in [2.45, 2.75) is 33.2 Å². The third-order valence-electron chi connectivity index (χ3n) is 2.74. The Morgan fingerprint density at radius 2 is 1.81 bits per heavy atom. The Morgan fingerprint density at radius 3 is 2.31 bits per heavy atom. The van der Waals surface area contributed by atoms with Crippen LogP contribution in [0, 0.1) is 11.7 Å². The Kier molecular flexibility index (Phi) is 4.96. The molecule has 3 heteroatoms. The quantitative estimate of drug-likeness (QED) is 0.817. The SMILES string of the molecule is CCC(CC)C(=O)NCc1ccc(F)cc1. The first kappa shape index (κ1) is 12.7. The van der Waals surface area contributed by atoms with Gasteiger partial charge < -0.3 is 5.32 Å². The Morgan fingerprint density at radius 1 is 1.25 bits per heavy atom.